The summed E-state index contributed by atoms with van der Waals surface area (Å²) < 4.78 is 26.9. The second-order valence-electron chi connectivity index (χ2n) is 10.8. The van der Waals surface area contributed by atoms with Crippen LogP contribution in [-0.4, -0.2) is 58.4 Å². The molecular weight excluding hydrogens is 474 g/mol. The monoisotopic (exact) mass is 510 g/mol. The fourth-order valence-electron chi connectivity index (χ4n) is 5.82. The molecule has 2 amide bonds. The number of rotatable bonds is 7. The Bertz CT molecular complexity index is 1080. The molecule has 3 N–H and O–H groups in total. The average molecular weight is 511 g/mol. The first-order valence-electron chi connectivity index (χ1n) is 13.5. The first-order valence-corrected chi connectivity index (χ1v) is 13.5. The molecule has 3 fully saturated rings. The number of nitrogens with one attached hydrogen (secondary N) is 1. The number of carbonyl (C=O) groups is 2. The Morgan fingerprint density at radius 2 is 1.49 bits per heavy atom. The van der Waals surface area contributed by atoms with Gasteiger partial charge in [0.1, 0.15) is 17.7 Å². The average Bonchev–Trinajstić information content (AvgIpc) is 3.75. The lowest BCUT2D eigenvalue weighted by molar-refractivity contribution is -0.128. The molecule has 3 aliphatic rings. The van der Waals surface area contributed by atoms with E-state index in [1.807, 2.05) is 12.1 Å². The zero-order valence-corrected chi connectivity index (χ0v) is 21.1. The van der Waals surface area contributed by atoms with Crippen LogP contribution in [-0.2, 0) is 11.3 Å². The van der Waals surface area contributed by atoms with Crippen molar-refractivity contribution in [2.24, 2.45) is 5.73 Å². The fourth-order valence-corrected chi connectivity index (χ4v) is 5.82. The molecule has 1 saturated heterocycles. The summed E-state index contributed by atoms with van der Waals surface area (Å²) in [6.07, 6.45) is 6.92. The van der Waals surface area contributed by atoms with E-state index in [-0.39, 0.29) is 35.8 Å². The molecular formula is C29H36F2N4O2. The Labute approximate surface area is 217 Å². The van der Waals surface area contributed by atoms with E-state index in [4.69, 9.17) is 5.73 Å². The topological polar surface area (TPSA) is 78.7 Å². The van der Waals surface area contributed by atoms with Crippen molar-refractivity contribution in [2.45, 2.75) is 88.1 Å². The first kappa shape index (κ1) is 25.8. The van der Waals surface area contributed by atoms with Gasteiger partial charge >= 0.3 is 0 Å². The van der Waals surface area contributed by atoms with Crippen molar-refractivity contribution in [1.29, 1.82) is 0 Å². The normalized spacial score (nSPS) is 26.2. The zero-order valence-electron chi connectivity index (χ0n) is 21.1. The third-order valence-corrected chi connectivity index (χ3v) is 8.11. The lowest BCUT2D eigenvalue weighted by Crippen LogP contribution is -2.58. The van der Waals surface area contributed by atoms with Crippen LogP contribution in [0.1, 0.15) is 67.3 Å². The lowest BCUT2D eigenvalue weighted by Gasteiger charge is -2.43. The summed E-state index contributed by atoms with van der Waals surface area (Å²) in [6.45, 7) is 1.14. The summed E-state index contributed by atoms with van der Waals surface area (Å²) in [6, 6.07) is 12.3. The molecule has 0 radical (unpaired) electrons. The molecule has 2 saturated carbocycles. The molecule has 37 heavy (non-hydrogen) atoms. The summed E-state index contributed by atoms with van der Waals surface area (Å²) >= 11 is 0. The van der Waals surface area contributed by atoms with E-state index in [1.54, 1.807) is 4.90 Å². The molecule has 5 rings (SSSR count). The standard InChI is InChI=1S/C29H36F2N4O2/c30-21-5-1-19(2-6-21)18-35(25-13-14-25)26-15-16-34(29(37)20-3-7-22(31)8-4-20)27(17-26)28(36)33-24-11-9-23(32)10-12-24/h1-8,23-27H,9-18,32H2,(H,33,36)/t23?,24?,26?,27-/m1/s1. The highest BCUT2D eigenvalue weighted by Gasteiger charge is 2.42. The van der Waals surface area contributed by atoms with Gasteiger partial charge in [0.15, 0.2) is 0 Å². The van der Waals surface area contributed by atoms with Gasteiger partial charge in [0.05, 0.1) is 0 Å². The van der Waals surface area contributed by atoms with E-state index in [0.29, 0.717) is 31.1 Å². The second kappa shape index (κ2) is 11.3. The first-order chi connectivity index (χ1) is 17.9. The molecule has 1 aliphatic heterocycles. The van der Waals surface area contributed by atoms with Gasteiger partial charge in [-0.3, -0.25) is 14.5 Å². The third kappa shape index (κ3) is 6.36. The van der Waals surface area contributed by atoms with Crippen molar-refractivity contribution in [3.05, 3.63) is 71.3 Å². The number of hydrogen-bond donors (Lipinski definition) is 2. The molecule has 2 atom stereocenters. The summed E-state index contributed by atoms with van der Waals surface area (Å²) in [5.41, 5.74) is 7.47. The van der Waals surface area contributed by atoms with Gasteiger partial charge in [0, 0.05) is 42.8 Å². The lowest BCUT2D eigenvalue weighted by atomic mass is 9.90. The van der Waals surface area contributed by atoms with Gasteiger partial charge in [-0.25, -0.2) is 8.78 Å². The maximum atomic E-state index is 13.6. The van der Waals surface area contributed by atoms with Gasteiger partial charge in [-0.05, 0) is 93.3 Å². The maximum Gasteiger partial charge on any atom is 0.254 e. The van der Waals surface area contributed by atoms with E-state index in [1.165, 1.54) is 36.4 Å². The Morgan fingerprint density at radius 3 is 2.11 bits per heavy atom. The van der Waals surface area contributed by atoms with E-state index in [2.05, 4.69) is 10.2 Å². The van der Waals surface area contributed by atoms with Crippen molar-refractivity contribution in [3.8, 4) is 0 Å². The highest BCUT2D eigenvalue weighted by molar-refractivity contribution is 5.97. The van der Waals surface area contributed by atoms with Gasteiger partial charge < -0.3 is 16.0 Å². The van der Waals surface area contributed by atoms with Crippen molar-refractivity contribution in [2.75, 3.05) is 6.54 Å². The molecule has 0 aromatic heterocycles. The van der Waals surface area contributed by atoms with Crippen molar-refractivity contribution < 1.29 is 18.4 Å². The number of nitrogens with zero attached hydrogens (tertiary/aromatic N) is 2. The van der Waals surface area contributed by atoms with E-state index in [0.717, 1.165) is 50.5 Å². The molecule has 8 heteroatoms. The summed E-state index contributed by atoms with van der Waals surface area (Å²) in [4.78, 5) is 31.2. The van der Waals surface area contributed by atoms with Crippen LogP contribution in [0.5, 0.6) is 0 Å². The Hall–Kier alpha value is -2.84. The van der Waals surface area contributed by atoms with Crippen LogP contribution >= 0.6 is 0 Å². The molecule has 198 valence electrons. The number of carbonyl (C=O) groups excluding carboxylic acids is 2. The molecule has 6 nitrogen and oxygen atoms in total. The minimum atomic E-state index is -0.610. The van der Waals surface area contributed by atoms with Crippen LogP contribution < -0.4 is 11.1 Å². The number of benzene rings is 2. The maximum absolute atomic E-state index is 13.6. The minimum Gasteiger partial charge on any atom is -0.352 e. The summed E-state index contributed by atoms with van der Waals surface area (Å²) in [5.74, 6) is -1.03. The molecule has 0 spiro atoms. The largest absolute Gasteiger partial charge is 0.352 e. The third-order valence-electron chi connectivity index (χ3n) is 8.11. The molecule has 1 unspecified atom stereocenters. The van der Waals surface area contributed by atoms with Crippen LogP contribution in [0.2, 0.25) is 0 Å². The predicted octanol–water partition coefficient (Wildman–Crippen LogP) is 3.99. The highest BCUT2D eigenvalue weighted by atomic mass is 19.1. The second-order valence-corrected chi connectivity index (χ2v) is 10.8. The highest BCUT2D eigenvalue weighted by Crippen LogP contribution is 2.35. The number of amides is 2. The van der Waals surface area contributed by atoms with Gasteiger partial charge in [-0.2, -0.15) is 0 Å². The van der Waals surface area contributed by atoms with Crippen molar-refractivity contribution >= 4 is 11.8 Å². The van der Waals surface area contributed by atoms with Crippen LogP contribution in [0.3, 0.4) is 0 Å². The van der Waals surface area contributed by atoms with E-state index < -0.39 is 11.9 Å². The van der Waals surface area contributed by atoms with E-state index in [9.17, 15) is 18.4 Å². The van der Waals surface area contributed by atoms with Crippen molar-refractivity contribution in [1.82, 2.24) is 15.1 Å². The molecule has 2 aliphatic carbocycles. The molecule has 0 bridgehead atoms. The minimum absolute atomic E-state index is 0.0641. The molecule has 2 aromatic carbocycles. The van der Waals surface area contributed by atoms with Gasteiger partial charge in [0.25, 0.3) is 5.91 Å². The van der Waals surface area contributed by atoms with Crippen molar-refractivity contribution in [3.63, 3.8) is 0 Å². The van der Waals surface area contributed by atoms with E-state index >= 15 is 0 Å². The number of likely N-dealkylation sites (tertiary alicyclic amines) is 1. The molecule has 2 aromatic rings. The van der Waals surface area contributed by atoms with Crippen LogP contribution in [0.4, 0.5) is 8.78 Å². The van der Waals surface area contributed by atoms with Crippen LogP contribution in [0, 0.1) is 11.6 Å². The fraction of sp³-hybridized carbons (Fsp3) is 0.517. The number of nitrogens with two attached hydrogens (primary N) is 1. The van der Waals surface area contributed by atoms with Gasteiger partial charge in [-0.15, -0.1) is 0 Å². The number of piperidine rings is 1. The van der Waals surface area contributed by atoms with Gasteiger partial charge in [0.2, 0.25) is 5.91 Å². The predicted molar refractivity (Wildman–Crippen MR) is 138 cm³/mol. The number of halogens is 2. The zero-order chi connectivity index (χ0) is 25.9. The van der Waals surface area contributed by atoms with Gasteiger partial charge in [-0.1, -0.05) is 12.1 Å². The Balaban J connectivity index is 1.34. The van der Waals surface area contributed by atoms with Crippen LogP contribution in [0.15, 0.2) is 48.5 Å². The summed E-state index contributed by atoms with van der Waals surface area (Å²) in [7, 11) is 0. The number of hydrogen-bond acceptors (Lipinski definition) is 4. The molecule has 1 heterocycles. The smallest absolute Gasteiger partial charge is 0.254 e. The Morgan fingerprint density at radius 1 is 0.865 bits per heavy atom. The SMILES string of the molecule is NC1CCC(NC(=O)[C@H]2CC(N(Cc3ccc(F)cc3)C3CC3)CCN2C(=O)c2ccc(F)cc2)CC1. The van der Waals surface area contributed by atoms with Crippen LogP contribution in [0.25, 0.3) is 0 Å². The summed E-state index contributed by atoms with van der Waals surface area (Å²) in [5, 5.41) is 3.21. The Kier molecular flexibility index (Phi) is 7.86. The quantitative estimate of drug-likeness (QED) is 0.591.